The molecule has 0 atom stereocenters. The van der Waals surface area contributed by atoms with Gasteiger partial charge in [-0.15, -0.1) is 0 Å². The summed E-state index contributed by atoms with van der Waals surface area (Å²) in [7, 11) is 10.9. The van der Waals surface area contributed by atoms with E-state index in [1.807, 2.05) is 89.6 Å². The molecular formula is C36H41N9O3. The van der Waals surface area contributed by atoms with E-state index in [9.17, 15) is 9.59 Å². The van der Waals surface area contributed by atoms with Gasteiger partial charge in [0.15, 0.2) is 0 Å². The Morgan fingerprint density at radius 1 is 0.729 bits per heavy atom. The van der Waals surface area contributed by atoms with Crippen LogP contribution in [0.25, 0.3) is 22.1 Å². The number of ether oxygens (including phenoxy) is 1. The van der Waals surface area contributed by atoms with Gasteiger partial charge in [-0.25, -0.2) is 24.7 Å². The number of imidazole rings is 2. The number of carbonyl (C=O) groups excluding carboxylic acids is 2. The van der Waals surface area contributed by atoms with Crippen LogP contribution >= 0.6 is 0 Å². The lowest BCUT2D eigenvalue weighted by Crippen LogP contribution is -2.19. The Kier molecular flexibility index (Phi) is 10.0. The predicted molar refractivity (Wildman–Crippen MR) is 190 cm³/mol. The summed E-state index contributed by atoms with van der Waals surface area (Å²) in [5, 5.41) is 2.66. The first-order chi connectivity index (χ1) is 23.1. The molecule has 6 rings (SSSR count). The third kappa shape index (κ3) is 6.68. The number of methoxy groups -OCH3 is 1. The van der Waals surface area contributed by atoms with Crippen LogP contribution in [0.5, 0.6) is 0 Å². The second kappa shape index (κ2) is 14.3. The highest BCUT2D eigenvalue weighted by atomic mass is 16.5. The SMILES string of the molecule is CCc1cc(C(=O)NC)ccc1N(C)c1cc2c(cn1)ncn2C.CCc1cc(C(=O)OC)ccc1N(C)c1cc2c(cn1)ncn2C. The van der Waals surface area contributed by atoms with E-state index < -0.39 is 0 Å². The fraction of sp³-hybridized carbons (Fsp3) is 0.278. The van der Waals surface area contributed by atoms with Crippen LogP contribution in [0.3, 0.4) is 0 Å². The van der Waals surface area contributed by atoms with Gasteiger partial charge in [0.1, 0.15) is 22.7 Å². The molecule has 0 aliphatic carbocycles. The summed E-state index contributed by atoms with van der Waals surface area (Å²) in [6.45, 7) is 4.14. The lowest BCUT2D eigenvalue weighted by molar-refractivity contribution is 0.0600. The molecule has 248 valence electrons. The first-order valence-corrected chi connectivity index (χ1v) is 15.7. The highest BCUT2D eigenvalue weighted by molar-refractivity contribution is 5.95. The van der Waals surface area contributed by atoms with Crippen molar-refractivity contribution in [3.63, 3.8) is 0 Å². The van der Waals surface area contributed by atoms with Crippen LogP contribution in [0.1, 0.15) is 45.7 Å². The lowest BCUT2D eigenvalue weighted by Gasteiger charge is -2.22. The summed E-state index contributed by atoms with van der Waals surface area (Å²) in [4.78, 5) is 45.2. The number of amides is 1. The van der Waals surface area contributed by atoms with E-state index in [2.05, 4.69) is 39.1 Å². The highest BCUT2D eigenvalue weighted by Gasteiger charge is 2.16. The average molecular weight is 648 g/mol. The van der Waals surface area contributed by atoms with Crippen molar-refractivity contribution in [1.82, 2.24) is 34.4 Å². The number of nitrogens with zero attached hydrogens (tertiary/aromatic N) is 8. The second-order valence-electron chi connectivity index (χ2n) is 11.4. The molecular weight excluding hydrogens is 606 g/mol. The number of aromatic nitrogens is 6. The van der Waals surface area contributed by atoms with Crippen LogP contribution in [0.15, 0.2) is 73.6 Å². The number of esters is 1. The van der Waals surface area contributed by atoms with Crippen LogP contribution in [0.2, 0.25) is 0 Å². The monoisotopic (exact) mass is 647 g/mol. The normalized spacial score (nSPS) is 10.8. The minimum Gasteiger partial charge on any atom is -0.465 e. The molecule has 2 aromatic carbocycles. The van der Waals surface area contributed by atoms with Crippen LogP contribution < -0.4 is 15.1 Å². The predicted octanol–water partition coefficient (Wildman–Crippen LogP) is 5.74. The Hall–Kier alpha value is -5.78. The van der Waals surface area contributed by atoms with Crippen molar-refractivity contribution in [2.75, 3.05) is 38.1 Å². The van der Waals surface area contributed by atoms with Gasteiger partial charge < -0.3 is 29.0 Å². The molecule has 4 aromatic heterocycles. The van der Waals surface area contributed by atoms with Crippen LogP contribution in [-0.4, -0.2) is 69.2 Å². The number of anilines is 4. The van der Waals surface area contributed by atoms with E-state index in [1.165, 1.54) is 7.11 Å². The maximum atomic E-state index is 11.8. The first-order valence-electron chi connectivity index (χ1n) is 15.7. The number of nitrogens with one attached hydrogen (secondary N) is 1. The lowest BCUT2D eigenvalue weighted by atomic mass is 10.0. The summed E-state index contributed by atoms with van der Waals surface area (Å²) in [6.07, 6.45) is 8.75. The van der Waals surface area contributed by atoms with E-state index in [1.54, 1.807) is 38.2 Å². The van der Waals surface area contributed by atoms with E-state index in [-0.39, 0.29) is 11.9 Å². The van der Waals surface area contributed by atoms with Gasteiger partial charge in [0.05, 0.1) is 48.8 Å². The Labute approximate surface area is 280 Å². The molecule has 4 heterocycles. The quantitative estimate of drug-likeness (QED) is 0.206. The molecule has 0 aliphatic rings. The summed E-state index contributed by atoms with van der Waals surface area (Å²) in [5.74, 6) is 1.27. The molecule has 48 heavy (non-hydrogen) atoms. The van der Waals surface area contributed by atoms with E-state index in [0.717, 1.165) is 69.0 Å². The van der Waals surface area contributed by atoms with Crippen molar-refractivity contribution in [2.45, 2.75) is 26.7 Å². The number of hydrogen-bond acceptors (Lipinski definition) is 9. The Balaban J connectivity index is 0.000000188. The van der Waals surface area contributed by atoms with Gasteiger partial charge in [0, 0.05) is 64.3 Å². The zero-order chi connectivity index (χ0) is 34.5. The van der Waals surface area contributed by atoms with E-state index >= 15 is 0 Å². The average Bonchev–Trinajstić information content (AvgIpc) is 3.70. The van der Waals surface area contributed by atoms with Crippen molar-refractivity contribution in [2.24, 2.45) is 14.1 Å². The molecule has 0 spiro atoms. The molecule has 1 N–H and O–H groups in total. The molecule has 0 bridgehead atoms. The number of carbonyl (C=O) groups is 2. The summed E-state index contributed by atoms with van der Waals surface area (Å²) < 4.78 is 8.74. The molecule has 0 saturated heterocycles. The fourth-order valence-corrected chi connectivity index (χ4v) is 5.58. The van der Waals surface area contributed by atoms with Gasteiger partial charge in [-0.1, -0.05) is 13.8 Å². The molecule has 0 radical (unpaired) electrons. The number of fused-ring (bicyclic) bond motifs is 2. The van der Waals surface area contributed by atoms with Crippen LogP contribution in [0.4, 0.5) is 23.0 Å². The molecule has 0 fully saturated rings. The van der Waals surface area contributed by atoms with Gasteiger partial charge in [0.2, 0.25) is 0 Å². The topological polar surface area (TPSA) is 123 Å². The third-order valence-electron chi connectivity index (χ3n) is 8.44. The zero-order valence-electron chi connectivity index (χ0n) is 28.6. The molecule has 6 aromatic rings. The van der Waals surface area contributed by atoms with Gasteiger partial charge in [-0.3, -0.25) is 4.79 Å². The van der Waals surface area contributed by atoms with E-state index in [4.69, 9.17) is 4.74 Å². The number of pyridine rings is 2. The molecule has 12 heteroatoms. The standard InChI is InChI=1S/C18H21N5O.C18H20N4O2/c1-5-12-8-13(18(24)19-2)6-7-15(12)23(4)17-9-16-14(10-20-17)21-11-22(16)3;1-5-12-8-13(18(23)24-4)6-7-15(12)22(3)17-9-16-14(10-19-17)20-11-21(16)2/h6-11H,5H2,1-4H3,(H,19,24);6-11H,5H2,1-4H3. The summed E-state index contributed by atoms with van der Waals surface area (Å²) in [6, 6.07) is 15.4. The van der Waals surface area contributed by atoms with Crippen molar-refractivity contribution < 1.29 is 14.3 Å². The molecule has 0 aliphatic heterocycles. The third-order valence-corrected chi connectivity index (χ3v) is 8.44. The van der Waals surface area contributed by atoms with Crippen molar-refractivity contribution in [3.05, 3.63) is 95.8 Å². The minimum atomic E-state index is -0.326. The number of hydrogen-bond donors (Lipinski definition) is 1. The summed E-state index contributed by atoms with van der Waals surface area (Å²) in [5.41, 5.74) is 9.24. The molecule has 12 nitrogen and oxygen atoms in total. The van der Waals surface area contributed by atoms with Gasteiger partial charge >= 0.3 is 5.97 Å². The van der Waals surface area contributed by atoms with Gasteiger partial charge in [-0.2, -0.15) is 0 Å². The largest absolute Gasteiger partial charge is 0.465 e. The van der Waals surface area contributed by atoms with Gasteiger partial charge in [0.25, 0.3) is 5.91 Å². The fourth-order valence-electron chi connectivity index (χ4n) is 5.58. The number of aryl methyl sites for hydroxylation is 4. The molecule has 0 unspecified atom stereocenters. The second-order valence-corrected chi connectivity index (χ2v) is 11.4. The minimum absolute atomic E-state index is 0.0756. The zero-order valence-corrected chi connectivity index (χ0v) is 28.6. The van der Waals surface area contributed by atoms with Crippen LogP contribution in [0, 0.1) is 0 Å². The number of rotatable bonds is 8. The number of benzene rings is 2. The Bertz CT molecular complexity index is 1950. The maximum Gasteiger partial charge on any atom is 0.337 e. The highest BCUT2D eigenvalue weighted by Crippen LogP contribution is 2.30. The maximum absolute atomic E-state index is 11.8. The first kappa shape index (κ1) is 33.6. The molecule has 0 saturated carbocycles. The Morgan fingerprint density at radius 2 is 1.19 bits per heavy atom. The van der Waals surface area contributed by atoms with Crippen molar-refractivity contribution in [1.29, 1.82) is 0 Å². The Morgan fingerprint density at radius 3 is 1.62 bits per heavy atom. The van der Waals surface area contributed by atoms with Crippen LogP contribution in [-0.2, 0) is 31.7 Å². The summed E-state index contributed by atoms with van der Waals surface area (Å²) >= 11 is 0. The van der Waals surface area contributed by atoms with Crippen molar-refractivity contribution in [3.8, 4) is 0 Å². The molecule has 1 amide bonds. The van der Waals surface area contributed by atoms with E-state index in [0.29, 0.717) is 11.1 Å². The van der Waals surface area contributed by atoms with Gasteiger partial charge in [-0.05, 0) is 60.4 Å². The smallest absolute Gasteiger partial charge is 0.337 e. The van der Waals surface area contributed by atoms with Crippen molar-refractivity contribution >= 4 is 57.0 Å².